The predicted octanol–water partition coefficient (Wildman–Crippen LogP) is -1.02. The molecule has 1 aliphatic heterocycles. The second-order valence-electron chi connectivity index (χ2n) is 2.33. The second-order valence-corrected chi connectivity index (χ2v) is 2.33. The van der Waals surface area contributed by atoms with Crippen molar-refractivity contribution in [1.82, 2.24) is 10.4 Å². The molecule has 0 spiro atoms. The van der Waals surface area contributed by atoms with Crippen molar-refractivity contribution in [2.45, 2.75) is 26.0 Å². The summed E-state index contributed by atoms with van der Waals surface area (Å²) >= 11 is 0. The molecule has 62 valence electrons. The Bertz CT molecular complexity index is 184. The van der Waals surface area contributed by atoms with Crippen molar-refractivity contribution < 1.29 is 14.7 Å². The van der Waals surface area contributed by atoms with E-state index in [0.29, 0.717) is 0 Å². The summed E-state index contributed by atoms with van der Waals surface area (Å²) in [5.74, 6) is -0.684. The first kappa shape index (κ1) is 8.16. The number of carbonyl (C=O) groups excluding carboxylic acids is 2. The molecule has 0 bridgehead atoms. The minimum Gasteiger partial charge on any atom is -0.376 e. The van der Waals surface area contributed by atoms with Crippen LogP contribution in [0.15, 0.2) is 0 Å². The van der Waals surface area contributed by atoms with Gasteiger partial charge in [0.1, 0.15) is 6.23 Å². The van der Waals surface area contributed by atoms with Crippen LogP contribution in [0.1, 0.15) is 19.8 Å². The number of rotatable bonds is 1. The van der Waals surface area contributed by atoms with Gasteiger partial charge in [0.05, 0.1) is 6.42 Å². The molecule has 0 aromatic heterocycles. The predicted molar refractivity (Wildman–Crippen MR) is 35.9 cm³/mol. The average Bonchev–Trinajstić information content (AvgIpc) is 2.28. The highest BCUT2D eigenvalue weighted by Crippen LogP contribution is 2.05. The van der Waals surface area contributed by atoms with Crippen LogP contribution < -0.4 is 5.43 Å². The van der Waals surface area contributed by atoms with Gasteiger partial charge in [0.15, 0.2) is 0 Å². The van der Waals surface area contributed by atoms with Crippen LogP contribution >= 0.6 is 0 Å². The Labute approximate surface area is 64.0 Å². The quantitative estimate of drug-likeness (QED) is 0.512. The number of nitrogens with one attached hydrogen (secondary N) is 1. The zero-order valence-electron chi connectivity index (χ0n) is 6.20. The molecule has 0 aliphatic carbocycles. The molecule has 1 unspecified atom stereocenters. The molecule has 1 rings (SSSR count). The number of hydrogen-bond donors (Lipinski definition) is 2. The lowest BCUT2D eigenvalue weighted by Gasteiger charge is -2.12. The molecule has 0 aromatic carbocycles. The van der Waals surface area contributed by atoms with Gasteiger partial charge >= 0.3 is 0 Å². The van der Waals surface area contributed by atoms with E-state index in [0.717, 1.165) is 5.01 Å². The normalized spacial score (nSPS) is 24.4. The van der Waals surface area contributed by atoms with Gasteiger partial charge in [0.25, 0.3) is 0 Å². The van der Waals surface area contributed by atoms with E-state index in [2.05, 4.69) is 5.43 Å². The van der Waals surface area contributed by atoms with Crippen LogP contribution in [-0.2, 0) is 9.59 Å². The largest absolute Gasteiger partial charge is 0.376 e. The molecule has 11 heavy (non-hydrogen) atoms. The lowest BCUT2D eigenvalue weighted by molar-refractivity contribution is -0.144. The van der Waals surface area contributed by atoms with Crippen LogP contribution in [0.2, 0.25) is 0 Å². The highest BCUT2D eigenvalue weighted by molar-refractivity contribution is 5.95. The smallest absolute Gasteiger partial charge is 0.247 e. The zero-order valence-corrected chi connectivity index (χ0v) is 6.20. The molecule has 1 fully saturated rings. The minimum absolute atomic E-state index is 0.0221. The third kappa shape index (κ3) is 1.55. The summed E-state index contributed by atoms with van der Waals surface area (Å²) in [4.78, 5) is 21.8. The van der Waals surface area contributed by atoms with E-state index in [4.69, 9.17) is 5.11 Å². The van der Waals surface area contributed by atoms with Crippen LogP contribution in [0, 0.1) is 0 Å². The van der Waals surface area contributed by atoms with Gasteiger partial charge in [0, 0.05) is 6.42 Å². The van der Waals surface area contributed by atoms with Crippen molar-refractivity contribution in [1.29, 1.82) is 0 Å². The Morgan fingerprint density at radius 1 is 1.91 bits per heavy atom. The van der Waals surface area contributed by atoms with Crippen LogP contribution in [0.3, 0.4) is 0 Å². The molecule has 1 saturated heterocycles. The Hall–Kier alpha value is -0.940. The number of hydrogen-bond acceptors (Lipinski definition) is 4. The van der Waals surface area contributed by atoms with Gasteiger partial charge in [-0.15, -0.1) is 0 Å². The molecule has 2 amide bonds. The standard InChI is InChI=1S/C6H10N2O3/c1-2-5(10)8-6(11)3-4(9)7-8/h4,7,9H,2-3H2,1H3. The van der Waals surface area contributed by atoms with E-state index in [9.17, 15) is 9.59 Å². The number of amides is 2. The Morgan fingerprint density at radius 2 is 2.55 bits per heavy atom. The first-order chi connectivity index (χ1) is 5.15. The number of carbonyl (C=O) groups is 2. The number of aliphatic hydroxyl groups excluding tert-OH is 1. The monoisotopic (exact) mass is 158 g/mol. The average molecular weight is 158 g/mol. The molecule has 5 heteroatoms. The number of imide groups is 1. The number of nitrogens with zero attached hydrogens (tertiary/aromatic N) is 1. The molecule has 0 radical (unpaired) electrons. The zero-order chi connectivity index (χ0) is 8.43. The summed E-state index contributed by atoms with van der Waals surface area (Å²) in [6.45, 7) is 1.65. The highest BCUT2D eigenvalue weighted by Gasteiger charge is 2.31. The van der Waals surface area contributed by atoms with Crippen LogP contribution in [0.25, 0.3) is 0 Å². The summed E-state index contributed by atoms with van der Waals surface area (Å²) in [7, 11) is 0. The number of hydrazine groups is 1. The van der Waals surface area contributed by atoms with E-state index in [1.54, 1.807) is 6.92 Å². The third-order valence-electron chi connectivity index (χ3n) is 1.45. The van der Waals surface area contributed by atoms with Gasteiger partial charge in [-0.3, -0.25) is 9.59 Å². The molecule has 0 saturated carbocycles. The summed E-state index contributed by atoms with van der Waals surface area (Å²) < 4.78 is 0. The first-order valence-corrected chi connectivity index (χ1v) is 3.45. The Balaban J connectivity index is 2.60. The molecular weight excluding hydrogens is 148 g/mol. The molecule has 1 atom stereocenters. The van der Waals surface area contributed by atoms with Crippen LogP contribution in [0.5, 0.6) is 0 Å². The van der Waals surface area contributed by atoms with E-state index < -0.39 is 6.23 Å². The Morgan fingerprint density at radius 3 is 2.91 bits per heavy atom. The minimum atomic E-state index is -0.905. The maximum absolute atomic E-state index is 10.9. The van der Waals surface area contributed by atoms with Gasteiger partial charge in [-0.2, -0.15) is 5.43 Å². The fraction of sp³-hybridized carbons (Fsp3) is 0.667. The van der Waals surface area contributed by atoms with Crippen molar-refractivity contribution in [2.75, 3.05) is 0 Å². The van der Waals surface area contributed by atoms with Crippen LogP contribution in [0.4, 0.5) is 0 Å². The van der Waals surface area contributed by atoms with E-state index in [1.165, 1.54) is 0 Å². The van der Waals surface area contributed by atoms with Crippen LogP contribution in [-0.4, -0.2) is 28.2 Å². The molecule has 0 aromatic rings. The third-order valence-corrected chi connectivity index (χ3v) is 1.45. The van der Waals surface area contributed by atoms with Gasteiger partial charge in [-0.1, -0.05) is 6.92 Å². The summed E-state index contributed by atoms with van der Waals surface area (Å²) in [5, 5.41) is 9.75. The van der Waals surface area contributed by atoms with Crippen molar-refractivity contribution in [2.24, 2.45) is 0 Å². The summed E-state index contributed by atoms with van der Waals surface area (Å²) in [5.41, 5.74) is 2.34. The highest BCUT2D eigenvalue weighted by atomic mass is 16.3. The van der Waals surface area contributed by atoms with Crippen molar-refractivity contribution >= 4 is 11.8 Å². The molecular formula is C6H10N2O3. The van der Waals surface area contributed by atoms with E-state index in [1.807, 2.05) is 0 Å². The van der Waals surface area contributed by atoms with Crippen molar-refractivity contribution in [3.63, 3.8) is 0 Å². The fourth-order valence-electron chi connectivity index (χ4n) is 0.893. The van der Waals surface area contributed by atoms with Crippen molar-refractivity contribution in [3.05, 3.63) is 0 Å². The van der Waals surface area contributed by atoms with Gasteiger partial charge in [0.2, 0.25) is 11.8 Å². The summed E-state index contributed by atoms with van der Waals surface area (Å²) in [6.07, 6.45) is -0.671. The first-order valence-electron chi connectivity index (χ1n) is 3.45. The lowest BCUT2D eigenvalue weighted by Crippen LogP contribution is -2.41. The molecule has 2 N–H and O–H groups in total. The number of aliphatic hydroxyl groups is 1. The Kier molecular flexibility index (Phi) is 2.21. The molecule has 1 aliphatic rings. The fourth-order valence-corrected chi connectivity index (χ4v) is 0.893. The molecule has 1 heterocycles. The molecule has 5 nitrogen and oxygen atoms in total. The van der Waals surface area contributed by atoms with E-state index >= 15 is 0 Å². The second kappa shape index (κ2) is 2.98. The van der Waals surface area contributed by atoms with E-state index in [-0.39, 0.29) is 24.7 Å². The lowest BCUT2D eigenvalue weighted by atomic mass is 10.4. The van der Waals surface area contributed by atoms with Crippen molar-refractivity contribution in [3.8, 4) is 0 Å². The van der Waals surface area contributed by atoms with Gasteiger partial charge in [-0.25, -0.2) is 5.01 Å². The van der Waals surface area contributed by atoms with Gasteiger partial charge in [-0.05, 0) is 0 Å². The maximum atomic E-state index is 10.9. The maximum Gasteiger partial charge on any atom is 0.247 e. The summed E-state index contributed by atoms with van der Waals surface area (Å²) in [6, 6.07) is 0. The van der Waals surface area contributed by atoms with Gasteiger partial charge < -0.3 is 5.11 Å². The topological polar surface area (TPSA) is 69.6 Å². The SMILES string of the molecule is CCC(=O)N1NC(O)CC1=O.